The molecule has 0 spiro atoms. The number of cyclic esters (lactones) is 1. The Morgan fingerprint density at radius 2 is 1.21 bits per heavy atom. The zero-order valence-electron chi connectivity index (χ0n) is 48.3. The Balaban J connectivity index is 1.17. The molecule has 428 valence electrons. The van der Waals surface area contributed by atoms with E-state index in [4.69, 9.17) is 14.2 Å². The molecule has 0 aromatic rings. The van der Waals surface area contributed by atoms with Gasteiger partial charge in [0.25, 0.3) is 0 Å². The molecule has 2 saturated heterocycles. The molecule has 3 saturated carbocycles. The Morgan fingerprint density at radius 3 is 1.68 bits per heavy atom. The first-order chi connectivity index (χ1) is 34.7. The summed E-state index contributed by atoms with van der Waals surface area (Å²) in [4.78, 5) is 31.7. The Kier molecular flexibility index (Phi) is 25.7. The number of hydrogen-bond acceptors (Lipinski definition) is 11. The maximum absolute atomic E-state index is 14.4. The van der Waals surface area contributed by atoms with Crippen molar-refractivity contribution in [2.45, 2.75) is 325 Å². The summed E-state index contributed by atoms with van der Waals surface area (Å²) in [7, 11) is 2.39. The van der Waals surface area contributed by atoms with Crippen molar-refractivity contribution in [2.24, 2.45) is 17.8 Å². The molecule has 5 rings (SSSR count). The minimum absolute atomic E-state index is 0.119. The van der Waals surface area contributed by atoms with Crippen molar-refractivity contribution < 1.29 is 49.3 Å². The number of unbranched alkanes of at least 4 members (excludes halogenated alkanes) is 9. The summed E-state index contributed by atoms with van der Waals surface area (Å²) in [6.45, 7) is 13.8. The molecular formula is C60H113N2O10P. The fourth-order valence-electron chi connectivity index (χ4n) is 15.6. The molecule has 73 heavy (non-hydrogen) atoms. The second kappa shape index (κ2) is 29.9. The van der Waals surface area contributed by atoms with E-state index < -0.39 is 79.1 Å². The second-order valence-corrected chi connectivity index (χ2v) is 31.1. The van der Waals surface area contributed by atoms with E-state index in [1.165, 1.54) is 110 Å². The summed E-state index contributed by atoms with van der Waals surface area (Å²) in [5.74, 6) is -3.21. The Hall–Kier alpha value is -0.950. The maximum atomic E-state index is 14.4. The van der Waals surface area contributed by atoms with Crippen LogP contribution in [-0.4, -0.2) is 157 Å². The Labute approximate surface area is 445 Å². The van der Waals surface area contributed by atoms with Gasteiger partial charge in [0.2, 0.25) is 5.91 Å². The first kappa shape index (κ1) is 62.9. The molecule has 0 unspecified atom stereocenters. The number of carbonyl (C=O) groups is 2. The third-order valence-electron chi connectivity index (χ3n) is 19.8. The smallest absolute Gasteiger partial charge is 0.126 e. The average molecular weight is 1050 g/mol. The van der Waals surface area contributed by atoms with Crippen LogP contribution < -0.4 is 0 Å². The Morgan fingerprint density at radius 1 is 0.726 bits per heavy atom. The van der Waals surface area contributed by atoms with Crippen LogP contribution in [0.3, 0.4) is 0 Å². The number of likely N-dealkylation sites (N-methyl/N-ethyl adjacent to an activating group) is 1. The van der Waals surface area contributed by atoms with E-state index in [0.29, 0.717) is 12.8 Å². The molecular weight excluding hydrogens is 940 g/mol. The molecule has 0 radical (unpaired) electrons. The minimum atomic E-state index is -1.93. The van der Waals surface area contributed by atoms with Gasteiger partial charge in [-0.05, 0) is 73.9 Å². The fraction of sp³-hybridized carbons (Fsp3) is 0.967. The van der Waals surface area contributed by atoms with Gasteiger partial charge in [-0.15, -0.1) is 0 Å². The fourth-order valence-corrected chi connectivity index (χ4v) is 24.2. The first-order valence-electron chi connectivity index (χ1n) is 30.6. The second-order valence-electron chi connectivity index (χ2n) is 25.9. The standard InChI is InChI=1S/C60H113N2O10P/c1-11-51-60(8,69)55(66)46(6)62(41-42(2)40-59(7,68)56(44(4)53(64)45(5)57(67)71-51)72-58-54(65)50(61(9)10)39-43(3)70-58)52(63)37-29-18-16-14-12-13-15-17-19-30-38-73(47-31-23-20-24-32-47,48-33-25-21-26-34-48)49-35-27-22-28-36-49/h42-51,53-56,58,64-66,68-69,73H,11-41H2,1-10H3/t42-,43-,44+,45-,46-,50+,51-,53+,54-,55-,56-,58+,59-,60-/m1/s1. The van der Waals surface area contributed by atoms with Crippen molar-refractivity contribution in [3.63, 3.8) is 0 Å². The largest absolute Gasteiger partial charge is 0.388 e. The topological polar surface area (TPSA) is 169 Å². The van der Waals surface area contributed by atoms with Crippen LogP contribution in [0.25, 0.3) is 0 Å². The normalized spacial score (nSPS) is 37.2. The molecule has 0 bridgehead atoms. The average Bonchev–Trinajstić information content (AvgIpc) is 3.37. The molecule has 2 aliphatic heterocycles. The molecule has 0 aromatic heterocycles. The molecule has 2 heterocycles. The number of aliphatic hydroxyl groups excluding tert-OH is 3. The number of carbonyl (C=O) groups excluding carboxylic acids is 2. The molecule has 5 fully saturated rings. The van der Waals surface area contributed by atoms with Crippen LogP contribution in [0.5, 0.6) is 0 Å². The summed E-state index contributed by atoms with van der Waals surface area (Å²) in [6, 6.07) is -1.14. The van der Waals surface area contributed by atoms with E-state index in [2.05, 4.69) is 0 Å². The third kappa shape index (κ3) is 16.8. The number of ether oxygens (including phenoxy) is 3. The summed E-state index contributed by atoms with van der Waals surface area (Å²) >= 11 is 0. The molecule has 3 aliphatic carbocycles. The SMILES string of the molecule is CC[C@H]1OC(=O)[C@H](C)[C@@H](O)[C@H](C)[C@@H](O[C@@H]2O[C@H](C)C[C@H](N(C)C)[C@H]2O)[C@](C)(O)C[C@@H](C)CN(C(=O)CCCCCCCCCCCC[PH](C2CCCCC2)(C2CCCCC2)C2CCCCC2)[C@H](C)[C@@H](O)[C@]1(C)O. The summed E-state index contributed by atoms with van der Waals surface area (Å²) < 4.78 is 18.6. The monoisotopic (exact) mass is 1050 g/mol. The molecule has 5 aliphatic rings. The molecule has 13 heteroatoms. The number of aliphatic hydroxyl groups is 5. The number of esters is 1. The number of rotatable bonds is 20. The van der Waals surface area contributed by atoms with Gasteiger partial charge in [0.1, 0.15) is 23.9 Å². The van der Waals surface area contributed by atoms with Gasteiger partial charge in [-0.2, -0.15) is 0 Å². The van der Waals surface area contributed by atoms with Crippen LogP contribution in [0.2, 0.25) is 0 Å². The van der Waals surface area contributed by atoms with E-state index in [0.717, 1.165) is 36.2 Å². The van der Waals surface area contributed by atoms with E-state index >= 15 is 0 Å². The van der Waals surface area contributed by atoms with Crippen molar-refractivity contribution in [3.05, 3.63) is 0 Å². The van der Waals surface area contributed by atoms with Crippen LogP contribution in [0, 0.1) is 17.8 Å². The predicted octanol–water partition coefficient (Wildman–Crippen LogP) is 10.9. The van der Waals surface area contributed by atoms with Crippen molar-refractivity contribution in [1.29, 1.82) is 0 Å². The van der Waals surface area contributed by atoms with Crippen molar-refractivity contribution >= 4 is 19.1 Å². The van der Waals surface area contributed by atoms with Crippen LogP contribution >= 0.6 is 7.26 Å². The van der Waals surface area contributed by atoms with Crippen LogP contribution in [0.4, 0.5) is 0 Å². The zero-order valence-corrected chi connectivity index (χ0v) is 49.3. The molecule has 1 amide bonds. The van der Waals surface area contributed by atoms with Gasteiger partial charge < -0.3 is 49.5 Å². The van der Waals surface area contributed by atoms with E-state index in [1.54, 1.807) is 77.3 Å². The van der Waals surface area contributed by atoms with Gasteiger partial charge in [-0.25, -0.2) is 0 Å². The van der Waals surface area contributed by atoms with Crippen LogP contribution in [-0.2, 0) is 23.8 Å². The molecule has 0 aromatic carbocycles. The predicted molar refractivity (Wildman–Crippen MR) is 299 cm³/mol. The van der Waals surface area contributed by atoms with Gasteiger partial charge in [0, 0.05) is 18.5 Å². The summed E-state index contributed by atoms with van der Waals surface area (Å²) in [5.41, 5.74) is -0.232. The van der Waals surface area contributed by atoms with Gasteiger partial charge in [0.05, 0.1) is 35.9 Å². The number of amides is 1. The van der Waals surface area contributed by atoms with Crippen LogP contribution in [0.15, 0.2) is 0 Å². The first-order valence-corrected chi connectivity index (χ1v) is 33.1. The van der Waals surface area contributed by atoms with Gasteiger partial charge >= 0.3 is 203 Å². The maximum Gasteiger partial charge on any atom is 0.126 e. The Bertz CT molecular complexity index is 1550. The van der Waals surface area contributed by atoms with E-state index in [9.17, 15) is 35.1 Å². The minimum Gasteiger partial charge on any atom is -0.388 e. The van der Waals surface area contributed by atoms with Crippen LogP contribution in [0.1, 0.15) is 242 Å². The van der Waals surface area contributed by atoms with Gasteiger partial charge in [-0.1, -0.05) is 20.8 Å². The molecule has 14 atom stereocenters. The molecule has 5 N–H and O–H groups in total. The van der Waals surface area contributed by atoms with Crippen molar-refractivity contribution in [1.82, 2.24) is 9.80 Å². The third-order valence-corrected chi connectivity index (χ3v) is 27.3. The summed E-state index contributed by atoms with van der Waals surface area (Å²) in [6.07, 6.45) is 30.0. The number of nitrogens with zero attached hydrogens (tertiary/aromatic N) is 2. The van der Waals surface area contributed by atoms with Gasteiger partial charge in [0.15, 0.2) is 6.29 Å². The molecule has 12 nitrogen and oxygen atoms in total. The quantitative estimate of drug-likeness (QED) is 0.0447. The summed E-state index contributed by atoms with van der Waals surface area (Å²) in [5, 5.41) is 59.6. The van der Waals surface area contributed by atoms with E-state index in [-0.39, 0.29) is 49.8 Å². The van der Waals surface area contributed by atoms with Crippen molar-refractivity contribution in [2.75, 3.05) is 26.8 Å². The number of hydrogen-bond donors (Lipinski definition) is 5. The zero-order chi connectivity index (χ0) is 53.5. The van der Waals surface area contributed by atoms with Crippen molar-refractivity contribution in [3.8, 4) is 0 Å². The van der Waals surface area contributed by atoms with Gasteiger partial charge in [-0.3, -0.25) is 9.59 Å². The van der Waals surface area contributed by atoms with E-state index in [1.807, 2.05) is 32.8 Å².